The van der Waals surface area contributed by atoms with Crippen LogP contribution >= 0.6 is 0 Å². The van der Waals surface area contributed by atoms with Crippen molar-refractivity contribution in [2.75, 3.05) is 47.9 Å². The van der Waals surface area contributed by atoms with Gasteiger partial charge in [0.15, 0.2) is 6.61 Å². The number of ether oxygens (including phenoxy) is 1. The molecule has 0 radical (unpaired) electrons. The Morgan fingerprint density at radius 3 is 2.48 bits per heavy atom. The van der Waals surface area contributed by atoms with E-state index < -0.39 is 5.82 Å². The molecule has 1 N–H and O–H groups in total. The van der Waals surface area contributed by atoms with Gasteiger partial charge in [0.05, 0.1) is 0 Å². The third-order valence-electron chi connectivity index (χ3n) is 4.96. The fraction of sp³-hybridized carbons (Fsp3) is 0.261. The average Bonchev–Trinajstić information content (AvgIpc) is 2.78. The van der Waals surface area contributed by atoms with Crippen LogP contribution in [0.15, 0.2) is 60.7 Å². The van der Waals surface area contributed by atoms with Gasteiger partial charge in [-0.15, -0.1) is 0 Å². The summed E-state index contributed by atoms with van der Waals surface area (Å²) in [4.78, 5) is 25.6. The Morgan fingerprint density at radius 1 is 1.00 bits per heavy atom. The molecular weight excluding hydrogens is 397 g/mol. The Hall–Kier alpha value is -3.68. The number of amides is 1. The van der Waals surface area contributed by atoms with Crippen LogP contribution in [0.2, 0.25) is 0 Å². The van der Waals surface area contributed by atoms with Crippen LogP contribution in [-0.2, 0) is 4.79 Å². The summed E-state index contributed by atoms with van der Waals surface area (Å²) in [5, 5.41) is 2.60. The highest BCUT2D eigenvalue weighted by Gasteiger charge is 2.20. The van der Waals surface area contributed by atoms with Crippen LogP contribution in [0.5, 0.6) is 5.88 Å². The number of nitrogens with zero attached hydrogens (tertiary/aromatic N) is 4. The van der Waals surface area contributed by atoms with Gasteiger partial charge in [-0.1, -0.05) is 24.3 Å². The standard InChI is InChI=1S/C23H24FN5O2/c1-17-14-22(31-16-21(30)26-19-7-5-6-18(24)15-19)27-23(25-17)29-12-10-28(11-13-29)20-8-3-2-4-9-20/h2-9,14-15H,10-13,16H2,1H3,(H,26,30). The number of aryl methyl sites for hydroxylation is 1. The maximum absolute atomic E-state index is 13.2. The molecule has 1 fully saturated rings. The number of carbonyl (C=O) groups is 1. The average molecular weight is 421 g/mol. The summed E-state index contributed by atoms with van der Waals surface area (Å²) in [5.41, 5.74) is 2.35. The summed E-state index contributed by atoms with van der Waals surface area (Å²) in [6, 6.07) is 17.7. The number of halogens is 1. The molecule has 1 aromatic heterocycles. The fourth-order valence-electron chi connectivity index (χ4n) is 3.45. The molecule has 1 saturated heterocycles. The number of nitrogens with one attached hydrogen (secondary N) is 1. The molecule has 1 aliphatic heterocycles. The molecule has 2 aromatic carbocycles. The smallest absolute Gasteiger partial charge is 0.262 e. The summed E-state index contributed by atoms with van der Waals surface area (Å²) in [5.74, 6) is 0.123. The van der Waals surface area contributed by atoms with Crippen molar-refractivity contribution in [3.8, 4) is 5.88 Å². The molecule has 0 atom stereocenters. The molecule has 7 nitrogen and oxygen atoms in total. The van der Waals surface area contributed by atoms with Crippen molar-refractivity contribution >= 4 is 23.2 Å². The van der Waals surface area contributed by atoms with Crippen molar-refractivity contribution in [2.45, 2.75) is 6.92 Å². The Bertz CT molecular complexity index is 1040. The van der Waals surface area contributed by atoms with E-state index in [9.17, 15) is 9.18 Å². The van der Waals surface area contributed by atoms with Crippen molar-refractivity contribution in [2.24, 2.45) is 0 Å². The quantitative estimate of drug-likeness (QED) is 0.659. The van der Waals surface area contributed by atoms with Gasteiger partial charge in [0, 0.05) is 49.3 Å². The van der Waals surface area contributed by atoms with Crippen LogP contribution in [0, 0.1) is 12.7 Å². The summed E-state index contributed by atoms with van der Waals surface area (Å²) >= 11 is 0. The molecule has 0 saturated carbocycles. The first-order valence-electron chi connectivity index (χ1n) is 10.2. The summed E-state index contributed by atoms with van der Waals surface area (Å²) < 4.78 is 18.8. The van der Waals surface area contributed by atoms with E-state index >= 15 is 0 Å². The van der Waals surface area contributed by atoms with Crippen LogP contribution in [-0.4, -0.2) is 48.7 Å². The fourth-order valence-corrected chi connectivity index (χ4v) is 3.45. The number of hydrogen-bond acceptors (Lipinski definition) is 6. The lowest BCUT2D eigenvalue weighted by Crippen LogP contribution is -2.47. The van der Waals surface area contributed by atoms with Gasteiger partial charge in [0.1, 0.15) is 5.82 Å². The van der Waals surface area contributed by atoms with Gasteiger partial charge in [-0.05, 0) is 37.3 Å². The molecule has 2 heterocycles. The zero-order chi connectivity index (χ0) is 21.6. The first-order chi connectivity index (χ1) is 15.1. The van der Waals surface area contributed by atoms with E-state index in [0.717, 1.165) is 31.9 Å². The Morgan fingerprint density at radius 2 is 1.74 bits per heavy atom. The minimum atomic E-state index is -0.415. The highest BCUT2D eigenvalue weighted by Crippen LogP contribution is 2.20. The van der Waals surface area contributed by atoms with Gasteiger partial charge < -0.3 is 19.9 Å². The Balaban J connectivity index is 1.34. The number of rotatable bonds is 6. The number of anilines is 3. The third-order valence-corrected chi connectivity index (χ3v) is 4.96. The van der Waals surface area contributed by atoms with Gasteiger partial charge in [-0.3, -0.25) is 4.79 Å². The molecule has 31 heavy (non-hydrogen) atoms. The number of piperazine rings is 1. The third kappa shape index (κ3) is 5.48. The number of carbonyl (C=O) groups excluding carboxylic acids is 1. The molecule has 0 bridgehead atoms. The van der Waals surface area contributed by atoms with E-state index in [4.69, 9.17) is 4.74 Å². The predicted molar refractivity (Wildman–Crippen MR) is 118 cm³/mol. The lowest BCUT2D eigenvalue weighted by Gasteiger charge is -2.36. The maximum Gasteiger partial charge on any atom is 0.262 e. The molecule has 8 heteroatoms. The molecule has 4 rings (SSSR count). The molecular formula is C23H24FN5O2. The normalized spacial score (nSPS) is 13.7. The van der Waals surface area contributed by atoms with Crippen molar-refractivity contribution in [1.82, 2.24) is 9.97 Å². The Labute approximate surface area is 180 Å². The highest BCUT2D eigenvalue weighted by molar-refractivity contribution is 5.91. The van der Waals surface area contributed by atoms with Crippen LogP contribution in [0.25, 0.3) is 0 Å². The van der Waals surface area contributed by atoms with Crippen molar-refractivity contribution < 1.29 is 13.9 Å². The van der Waals surface area contributed by atoms with Gasteiger partial charge in [0.25, 0.3) is 5.91 Å². The van der Waals surface area contributed by atoms with E-state index in [1.807, 2.05) is 25.1 Å². The van der Waals surface area contributed by atoms with Crippen molar-refractivity contribution in [3.05, 3.63) is 72.2 Å². The summed E-state index contributed by atoms with van der Waals surface area (Å²) in [7, 11) is 0. The highest BCUT2D eigenvalue weighted by atomic mass is 19.1. The number of para-hydroxylation sites is 1. The summed E-state index contributed by atoms with van der Waals surface area (Å²) in [6.07, 6.45) is 0. The molecule has 1 aliphatic rings. The van der Waals surface area contributed by atoms with Crippen LogP contribution < -0.4 is 19.9 Å². The maximum atomic E-state index is 13.2. The zero-order valence-electron chi connectivity index (χ0n) is 17.3. The minimum Gasteiger partial charge on any atom is -0.467 e. The monoisotopic (exact) mass is 421 g/mol. The van der Waals surface area contributed by atoms with Crippen LogP contribution in [0.3, 0.4) is 0 Å². The second kappa shape index (κ2) is 9.42. The van der Waals surface area contributed by atoms with Gasteiger partial charge >= 0.3 is 0 Å². The van der Waals surface area contributed by atoms with Gasteiger partial charge in [-0.25, -0.2) is 9.37 Å². The molecule has 160 valence electrons. The number of aromatic nitrogens is 2. The van der Waals surface area contributed by atoms with E-state index in [1.54, 1.807) is 12.1 Å². The second-order valence-electron chi connectivity index (χ2n) is 7.30. The Kier molecular flexibility index (Phi) is 6.26. The number of benzene rings is 2. The second-order valence-corrected chi connectivity index (χ2v) is 7.30. The van der Waals surface area contributed by atoms with Gasteiger partial charge in [0.2, 0.25) is 11.8 Å². The zero-order valence-corrected chi connectivity index (χ0v) is 17.3. The van der Waals surface area contributed by atoms with E-state index in [-0.39, 0.29) is 12.5 Å². The molecule has 0 spiro atoms. The molecule has 1 amide bonds. The van der Waals surface area contributed by atoms with E-state index in [1.165, 1.54) is 23.9 Å². The first kappa shape index (κ1) is 20.6. The minimum absolute atomic E-state index is 0.228. The number of hydrogen-bond donors (Lipinski definition) is 1. The first-order valence-corrected chi connectivity index (χ1v) is 10.2. The van der Waals surface area contributed by atoms with E-state index in [2.05, 4.69) is 37.2 Å². The lowest BCUT2D eigenvalue weighted by molar-refractivity contribution is -0.118. The van der Waals surface area contributed by atoms with Crippen molar-refractivity contribution in [1.29, 1.82) is 0 Å². The predicted octanol–water partition coefficient (Wildman–Crippen LogP) is 3.27. The topological polar surface area (TPSA) is 70.6 Å². The van der Waals surface area contributed by atoms with Crippen molar-refractivity contribution in [3.63, 3.8) is 0 Å². The molecule has 0 unspecified atom stereocenters. The van der Waals surface area contributed by atoms with Crippen LogP contribution in [0.4, 0.5) is 21.7 Å². The van der Waals surface area contributed by atoms with Gasteiger partial charge in [-0.2, -0.15) is 4.98 Å². The van der Waals surface area contributed by atoms with Crippen LogP contribution in [0.1, 0.15) is 5.69 Å². The molecule has 0 aliphatic carbocycles. The summed E-state index contributed by atoms with van der Waals surface area (Å²) in [6.45, 7) is 4.95. The lowest BCUT2D eigenvalue weighted by atomic mass is 10.2. The molecule has 3 aromatic rings. The SMILES string of the molecule is Cc1cc(OCC(=O)Nc2cccc(F)c2)nc(N2CCN(c3ccccc3)CC2)n1. The largest absolute Gasteiger partial charge is 0.467 e. The van der Waals surface area contributed by atoms with E-state index in [0.29, 0.717) is 17.5 Å².